The van der Waals surface area contributed by atoms with Gasteiger partial charge in [-0.3, -0.25) is 0 Å². The fourth-order valence-corrected chi connectivity index (χ4v) is 9.52. The van der Waals surface area contributed by atoms with Gasteiger partial charge in [-0.1, -0.05) is 52.4 Å². The van der Waals surface area contributed by atoms with E-state index in [1.807, 2.05) is 22.7 Å². The van der Waals surface area contributed by atoms with Crippen LogP contribution >= 0.6 is 45.3 Å². The Hall–Kier alpha value is -2.78. The first kappa shape index (κ1) is 33.1. The van der Waals surface area contributed by atoms with Gasteiger partial charge in [0.05, 0.1) is 19.5 Å². The van der Waals surface area contributed by atoms with Crippen LogP contribution in [0.25, 0.3) is 36.5 Å². The lowest BCUT2D eigenvalue weighted by Crippen LogP contribution is -2.15. The highest BCUT2D eigenvalue weighted by molar-refractivity contribution is 7.15. The average molecular weight is 693 g/mol. The molecule has 0 spiro atoms. The van der Waals surface area contributed by atoms with E-state index in [1.165, 1.54) is 80.6 Å². The molecule has 0 bridgehead atoms. The summed E-state index contributed by atoms with van der Waals surface area (Å²) in [4.78, 5) is 9.91. The second-order valence-electron chi connectivity index (χ2n) is 11.6. The summed E-state index contributed by atoms with van der Waals surface area (Å²) >= 11 is 7.24. The number of rotatable bonds is 16. The first-order chi connectivity index (χ1) is 22.7. The van der Waals surface area contributed by atoms with E-state index in [1.54, 1.807) is 22.7 Å². The number of thiophene rings is 4. The average Bonchev–Trinajstić information content (AvgIpc) is 3.88. The molecule has 46 heavy (non-hydrogen) atoms. The van der Waals surface area contributed by atoms with Crippen LogP contribution in [-0.2, 0) is 12.8 Å². The Balaban J connectivity index is 1.07. The summed E-state index contributed by atoms with van der Waals surface area (Å²) < 4.78 is 24.2. The molecule has 0 fully saturated rings. The molecule has 0 saturated heterocycles. The molecular weight excluding hydrogens is 649 g/mol. The fraction of sp³-hybridized carbons (Fsp3) is 0.421. The van der Waals surface area contributed by atoms with E-state index in [-0.39, 0.29) is 0 Å². The third kappa shape index (κ3) is 8.57. The molecule has 2 aliphatic heterocycles. The van der Waals surface area contributed by atoms with Gasteiger partial charge in [-0.2, -0.15) is 0 Å². The maximum atomic E-state index is 6.05. The lowest BCUT2D eigenvalue weighted by Gasteiger charge is -2.16. The fourth-order valence-electron chi connectivity index (χ4n) is 5.62. The van der Waals surface area contributed by atoms with Gasteiger partial charge in [-0.05, 0) is 86.4 Å². The maximum absolute atomic E-state index is 6.05. The number of aryl methyl sites for hydroxylation is 2. The van der Waals surface area contributed by atoms with Crippen LogP contribution in [0, 0.1) is 0 Å². The predicted octanol–water partition coefficient (Wildman–Crippen LogP) is 12.2. The second kappa shape index (κ2) is 16.9. The molecule has 0 atom stereocenters. The van der Waals surface area contributed by atoms with E-state index in [0.29, 0.717) is 26.4 Å². The Morgan fingerprint density at radius 3 is 1.22 bits per heavy atom. The summed E-state index contributed by atoms with van der Waals surface area (Å²) in [6, 6.07) is 8.77. The highest BCUT2D eigenvalue weighted by Gasteiger charge is 2.24. The summed E-state index contributed by atoms with van der Waals surface area (Å²) in [5, 5.41) is 0. The van der Waals surface area contributed by atoms with E-state index < -0.39 is 0 Å². The van der Waals surface area contributed by atoms with Gasteiger partial charge in [0.1, 0.15) is 26.4 Å². The minimum atomic E-state index is 0.619. The maximum Gasteiger partial charge on any atom is 0.179 e. The van der Waals surface area contributed by atoms with Gasteiger partial charge in [0.2, 0.25) is 0 Å². The number of hydrogen-bond donors (Lipinski definition) is 0. The van der Waals surface area contributed by atoms with Crippen molar-refractivity contribution in [2.75, 3.05) is 26.4 Å². The molecule has 2 aliphatic rings. The molecule has 6 rings (SSSR count). The molecule has 0 N–H and O–H groups in total. The smallest absolute Gasteiger partial charge is 0.179 e. The van der Waals surface area contributed by atoms with Crippen LogP contribution in [-0.4, -0.2) is 26.4 Å². The Morgan fingerprint density at radius 2 is 0.826 bits per heavy atom. The topological polar surface area (TPSA) is 36.9 Å². The SMILES string of the molecule is CCCCCCc1sc(/C=C/c2ccc(/C=C/c3ccc(/C=C/c4sc(CCCCCC)c5c4OCCO5)s3)s2)c2c1OCCO2. The van der Waals surface area contributed by atoms with E-state index in [4.69, 9.17) is 18.9 Å². The zero-order chi connectivity index (χ0) is 31.6. The van der Waals surface area contributed by atoms with Crippen LogP contribution in [0.4, 0.5) is 0 Å². The second-order valence-corrected chi connectivity index (χ2v) is 16.2. The van der Waals surface area contributed by atoms with Gasteiger partial charge < -0.3 is 18.9 Å². The first-order valence-corrected chi connectivity index (χ1v) is 20.0. The van der Waals surface area contributed by atoms with Gasteiger partial charge in [0.15, 0.2) is 23.0 Å². The van der Waals surface area contributed by atoms with E-state index in [9.17, 15) is 0 Å². The van der Waals surface area contributed by atoms with E-state index in [2.05, 4.69) is 74.6 Å². The molecule has 244 valence electrons. The minimum absolute atomic E-state index is 0.619. The summed E-state index contributed by atoms with van der Waals surface area (Å²) in [6.45, 7) is 7.02. The number of fused-ring (bicyclic) bond motifs is 2. The standard InChI is InChI=1S/C38H44O4S4/c1-3-5-7-9-11-31-35-37(41-25-23-39-35)33(45-31)21-19-29-17-15-27(43-29)13-14-28-16-18-30(44-28)20-22-34-38-36(40-24-26-42-38)32(46-34)12-10-8-6-4-2/h13-22H,3-12,23-26H2,1-2H3/b14-13+,21-19+,22-20+. The van der Waals surface area contributed by atoms with Gasteiger partial charge in [-0.15, -0.1) is 45.3 Å². The Labute approximate surface area is 290 Å². The predicted molar refractivity (Wildman–Crippen MR) is 202 cm³/mol. The summed E-state index contributed by atoms with van der Waals surface area (Å²) in [7, 11) is 0. The molecule has 6 heterocycles. The Bertz CT molecular complexity index is 1530. The van der Waals surface area contributed by atoms with Crippen molar-refractivity contribution < 1.29 is 18.9 Å². The third-order valence-electron chi connectivity index (χ3n) is 8.00. The molecule has 8 heteroatoms. The van der Waals surface area contributed by atoms with E-state index >= 15 is 0 Å². The molecule has 0 saturated carbocycles. The Kier molecular flexibility index (Phi) is 12.1. The zero-order valence-corrected chi connectivity index (χ0v) is 30.2. The van der Waals surface area contributed by atoms with Crippen molar-refractivity contribution in [2.45, 2.75) is 78.1 Å². The lowest BCUT2D eigenvalue weighted by molar-refractivity contribution is 0.171. The number of hydrogen-bond acceptors (Lipinski definition) is 8. The zero-order valence-electron chi connectivity index (χ0n) is 26.9. The summed E-state index contributed by atoms with van der Waals surface area (Å²) in [5.74, 6) is 3.82. The molecular formula is C38H44O4S4. The van der Waals surface area contributed by atoms with Crippen molar-refractivity contribution in [3.05, 3.63) is 63.3 Å². The number of unbranched alkanes of at least 4 members (excludes halogenated alkanes) is 6. The summed E-state index contributed by atoms with van der Waals surface area (Å²) in [6.07, 6.45) is 25.4. The van der Waals surface area contributed by atoms with Crippen molar-refractivity contribution in [1.82, 2.24) is 0 Å². The van der Waals surface area contributed by atoms with E-state index in [0.717, 1.165) is 45.6 Å². The van der Waals surface area contributed by atoms with Crippen LogP contribution in [0.3, 0.4) is 0 Å². The van der Waals surface area contributed by atoms with Crippen molar-refractivity contribution >= 4 is 81.8 Å². The monoisotopic (exact) mass is 692 g/mol. The molecule has 0 aromatic carbocycles. The van der Waals surface area contributed by atoms with Crippen LogP contribution in [0.1, 0.15) is 104 Å². The molecule has 0 unspecified atom stereocenters. The Morgan fingerprint density at radius 1 is 0.457 bits per heavy atom. The molecule has 4 nitrogen and oxygen atoms in total. The molecule has 0 aliphatic carbocycles. The molecule has 0 radical (unpaired) electrons. The van der Waals surface area contributed by atoms with Crippen LogP contribution in [0.2, 0.25) is 0 Å². The van der Waals surface area contributed by atoms with Crippen molar-refractivity contribution in [3.63, 3.8) is 0 Å². The largest absolute Gasteiger partial charge is 0.485 e. The molecule has 4 aromatic heterocycles. The quantitative estimate of drug-likeness (QED) is 0.110. The summed E-state index contributed by atoms with van der Waals surface area (Å²) in [5.41, 5.74) is 0. The lowest BCUT2D eigenvalue weighted by atomic mass is 10.1. The third-order valence-corrected chi connectivity index (χ3v) is 12.4. The van der Waals surface area contributed by atoms with Crippen molar-refractivity contribution in [2.24, 2.45) is 0 Å². The van der Waals surface area contributed by atoms with Crippen LogP contribution in [0.15, 0.2) is 24.3 Å². The highest BCUT2D eigenvalue weighted by atomic mass is 32.1. The molecule has 0 amide bonds. The number of ether oxygens (including phenoxy) is 4. The van der Waals surface area contributed by atoms with Gasteiger partial charge in [-0.25, -0.2) is 0 Å². The normalized spacial score (nSPS) is 14.4. The first-order valence-electron chi connectivity index (χ1n) is 16.8. The van der Waals surface area contributed by atoms with Crippen molar-refractivity contribution in [1.29, 1.82) is 0 Å². The van der Waals surface area contributed by atoms with Crippen LogP contribution in [0.5, 0.6) is 23.0 Å². The van der Waals surface area contributed by atoms with Gasteiger partial charge in [0.25, 0.3) is 0 Å². The van der Waals surface area contributed by atoms with Crippen LogP contribution < -0.4 is 18.9 Å². The van der Waals surface area contributed by atoms with Gasteiger partial charge in [0, 0.05) is 19.5 Å². The highest BCUT2D eigenvalue weighted by Crippen LogP contribution is 2.47. The minimum Gasteiger partial charge on any atom is -0.485 e. The molecule has 4 aromatic rings. The van der Waals surface area contributed by atoms with Crippen molar-refractivity contribution in [3.8, 4) is 23.0 Å². The van der Waals surface area contributed by atoms with Gasteiger partial charge >= 0.3 is 0 Å².